The lowest BCUT2D eigenvalue weighted by Gasteiger charge is -2.19. The molecule has 1 nitrogen and oxygen atoms in total. The van der Waals surface area contributed by atoms with Crippen molar-refractivity contribution >= 4 is 17.2 Å². The molecule has 2 aromatic rings. The van der Waals surface area contributed by atoms with E-state index in [1.807, 2.05) is 18.2 Å². The summed E-state index contributed by atoms with van der Waals surface area (Å²) in [5.41, 5.74) is 4.89. The van der Waals surface area contributed by atoms with Crippen LogP contribution in [0.1, 0.15) is 5.56 Å². The van der Waals surface area contributed by atoms with Gasteiger partial charge in [-0.05, 0) is 34.2 Å². The van der Waals surface area contributed by atoms with Gasteiger partial charge in [-0.1, -0.05) is 48.6 Å². The van der Waals surface area contributed by atoms with E-state index in [2.05, 4.69) is 48.6 Å². The van der Waals surface area contributed by atoms with E-state index in [9.17, 15) is 0 Å². The molecule has 0 saturated heterocycles. The van der Waals surface area contributed by atoms with Crippen molar-refractivity contribution in [2.24, 2.45) is 0 Å². The molecule has 2 aromatic carbocycles. The van der Waals surface area contributed by atoms with Crippen LogP contribution in [-0.2, 0) is 0 Å². The SMILES string of the molecule is [c]1cccc2c1C1=CC=C3C=c4ccccc4=C3C1O2. The number of hydrogen-bond donors (Lipinski definition) is 0. The van der Waals surface area contributed by atoms with Crippen LogP contribution in [0.3, 0.4) is 0 Å². The van der Waals surface area contributed by atoms with Crippen molar-refractivity contribution in [3.8, 4) is 5.75 Å². The van der Waals surface area contributed by atoms with Gasteiger partial charge in [-0.2, -0.15) is 0 Å². The molecular weight excluding hydrogens is 244 g/mol. The van der Waals surface area contributed by atoms with Crippen LogP contribution >= 0.6 is 0 Å². The van der Waals surface area contributed by atoms with Gasteiger partial charge in [0.15, 0.2) is 6.10 Å². The molecule has 1 heteroatoms. The Bertz CT molecular complexity index is 928. The maximum absolute atomic E-state index is 6.18. The third-order valence-corrected chi connectivity index (χ3v) is 4.21. The second-order valence-electron chi connectivity index (χ2n) is 5.30. The van der Waals surface area contributed by atoms with Gasteiger partial charge < -0.3 is 4.74 Å². The molecule has 0 bridgehead atoms. The summed E-state index contributed by atoms with van der Waals surface area (Å²) in [7, 11) is 0. The Hall–Kier alpha value is -2.54. The summed E-state index contributed by atoms with van der Waals surface area (Å²) in [4.78, 5) is 0. The molecule has 1 aliphatic heterocycles. The fraction of sp³-hybridized carbons (Fsp3) is 0.0526. The Labute approximate surface area is 116 Å². The van der Waals surface area contributed by atoms with Gasteiger partial charge in [-0.25, -0.2) is 0 Å². The highest BCUT2D eigenvalue weighted by atomic mass is 16.5. The Morgan fingerprint density at radius 1 is 1.00 bits per heavy atom. The topological polar surface area (TPSA) is 9.23 Å². The van der Waals surface area contributed by atoms with Crippen molar-refractivity contribution in [3.63, 3.8) is 0 Å². The minimum absolute atomic E-state index is 0.0172. The first-order valence-electron chi connectivity index (χ1n) is 6.83. The number of benzene rings is 2. The van der Waals surface area contributed by atoms with Crippen molar-refractivity contribution in [1.29, 1.82) is 0 Å². The zero-order valence-corrected chi connectivity index (χ0v) is 10.8. The minimum Gasteiger partial charge on any atom is -0.480 e. The minimum atomic E-state index is 0.0172. The first-order chi connectivity index (χ1) is 9.92. The monoisotopic (exact) mass is 255 g/mol. The predicted molar refractivity (Wildman–Crippen MR) is 79.3 cm³/mol. The Morgan fingerprint density at radius 2 is 1.95 bits per heavy atom. The highest BCUT2D eigenvalue weighted by Gasteiger charge is 2.35. The molecule has 1 heterocycles. The molecule has 2 aliphatic carbocycles. The summed E-state index contributed by atoms with van der Waals surface area (Å²) in [5, 5.41) is 2.58. The van der Waals surface area contributed by atoms with Gasteiger partial charge in [0.25, 0.3) is 0 Å². The fourth-order valence-corrected chi connectivity index (χ4v) is 3.33. The number of ether oxygens (including phenoxy) is 1. The Kier molecular flexibility index (Phi) is 1.80. The summed E-state index contributed by atoms with van der Waals surface area (Å²) in [6.07, 6.45) is 6.63. The molecule has 5 rings (SSSR count). The molecule has 3 aliphatic rings. The summed E-state index contributed by atoms with van der Waals surface area (Å²) in [6.45, 7) is 0. The van der Waals surface area contributed by atoms with Gasteiger partial charge in [-0.3, -0.25) is 0 Å². The van der Waals surface area contributed by atoms with E-state index < -0.39 is 0 Å². The van der Waals surface area contributed by atoms with E-state index in [4.69, 9.17) is 4.74 Å². The highest BCUT2D eigenvalue weighted by Crippen LogP contribution is 2.44. The molecule has 20 heavy (non-hydrogen) atoms. The van der Waals surface area contributed by atoms with E-state index >= 15 is 0 Å². The molecule has 0 saturated carbocycles. The summed E-state index contributed by atoms with van der Waals surface area (Å²) >= 11 is 0. The first kappa shape index (κ1) is 10.3. The quantitative estimate of drug-likeness (QED) is 0.701. The third kappa shape index (κ3) is 1.17. The normalized spacial score (nSPS) is 20.8. The van der Waals surface area contributed by atoms with Crippen LogP contribution in [0.5, 0.6) is 5.75 Å². The van der Waals surface area contributed by atoms with Crippen molar-refractivity contribution in [2.75, 3.05) is 0 Å². The van der Waals surface area contributed by atoms with Crippen LogP contribution in [0.2, 0.25) is 0 Å². The van der Waals surface area contributed by atoms with Crippen LogP contribution in [0.25, 0.3) is 17.2 Å². The maximum atomic E-state index is 6.18. The lowest BCUT2D eigenvalue weighted by molar-refractivity contribution is 0.330. The first-order valence-corrected chi connectivity index (χ1v) is 6.83. The van der Waals surface area contributed by atoms with Gasteiger partial charge in [0.1, 0.15) is 5.75 Å². The van der Waals surface area contributed by atoms with Crippen LogP contribution in [-0.4, -0.2) is 6.10 Å². The predicted octanol–water partition coefficient (Wildman–Crippen LogP) is 2.22. The van der Waals surface area contributed by atoms with Crippen molar-refractivity contribution < 1.29 is 4.74 Å². The highest BCUT2D eigenvalue weighted by molar-refractivity contribution is 5.98. The van der Waals surface area contributed by atoms with Crippen LogP contribution < -0.4 is 15.2 Å². The van der Waals surface area contributed by atoms with Gasteiger partial charge in [0.2, 0.25) is 0 Å². The molecule has 0 spiro atoms. The smallest absolute Gasteiger partial charge is 0.151 e. The van der Waals surface area contributed by atoms with Crippen molar-refractivity contribution in [3.05, 3.63) is 82.3 Å². The van der Waals surface area contributed by atoms with Crippen molar-refractivity contribution in [2.45, 2.75) is 6.10 Å². The lowest BCUT2D eigenvalue weighted by Crippen LogP contribution is -2.28. The standard InChI is InChI=1S/C19H11O/c1-2-6-14-12(5-1)11-13-9-10-16-15-7-3-4-8-17(15)20-19(16)18(13)14/h1-6,8-11,19H. The molecule has 1 atom stereocenters. The zero-order chi connectivity index (χ0) is 13.1. The lowest BCUT2D eigenvalue weighted by atomic mass is 9.89. The molecule has 93 valence electrons. The molecule has 0 fully saturated rings. The molecule has 0 aromatic heterocycles. The van der Waals surface area contributed by atoms with Crippen molar-refractivity contribution in [1.82, 2.24) is 0 Å². The zero-order valence-electron chi connectivity index (χ0n) is 10.8. The Morgan fingerprint density at radius 3 is 2.95 bits per heavy atom. The molecule has 0 amide bonds. The van der Waals surface area contributed by atoms with Gasteiger partial charge in [0, 0.05) is 16.7 Å². The summed E-state index contributed by atoms with van der Waals surface area (Å²) < 4.78 is 6.18. The molecule has 0 N–H and O–H groups in total. The summed E-state index contributed by atoms with van der Waals surface area (Å²) in [6, 6.07) is 17.8. The number of fused-ring (bicyclic) bond motifs is 6. The number of allylic oxidation sites excluding steroid dienone is 2. The molecule has 1 radical (unpaired) electrons. The largest absolute Gasteiger partial charge is 0.480 e. The van der Waals surface area contributed by atoms with Gasteiger partial charge in [0.05, 0.1) is 0 Å². The maximum Gasteiger partial charge on any atom is 0.151 e. The number of rotatable bonds is 0. The van der Waals surface area contributed by atoms with E-state index in [1.165, 1.54) is 27.2 Å². The third-order valence-electron chi connectivity index (χ3n) is 4.21. The van der Waals surface area contributed by atoms with E-state index in [0.717, 1.165) is 11.3 Å². The second kappa shape index (κ2) is 3.51. The van der Waals surface area contributed by atoms with Crippen LogP contribution in [0.4, 0.5) is 0 Å². The second-order valence-corrected chi connectivity index (χ2v) is 5.30. The van der Waals surface area contributed by atoms with E-state index in [0.29, 0.717) is 0 Å². The molecule has 1 unspecified atom stereocenters. The fourth-order valence-electron chi connectivity index (χ4n) is 3.33. The van der Waals surface area contributed by atoms with Crippen LogP contribution in [0.15, 0.2) is 60.2 Å². The van der Waals surface area contributed by atoms with Gasteiger partial charge >= 0.3 is 0 Å². The van der Waals surface area contributed by atoms with Crippen LogP contribution in [0, 0.1) is 6.07 Å². The number of hydrogen-bond acceptors (Lipinski definition) is 1. The summed E-state index contributed by atoms with van der Waals surface area (Å²) in [5.74, 6) is 0.940. The van der Waals surface area contributed by atoms with E-state index in [-0.39, 0.29) is 6.10 Å². The average molecular weight is 255 g/mol. The Balaban J connectivity index is 1.82. The van der Waals surface area contributed by atoms with Gasteiger partial charge in [-0.15, -0.1) is 0 Å². The average Bonchev–Trinajstić information content (AvgIpc) is 3.04. The molecular formula is C19H11O. The van der Waals surface area contributed by atoms with E-state index in [1.54, 1.807) is 0 Å².